The highest BCUT2D eigenvalue weighted by atomic mass is 32.1. The summed E-state index contributed by atoms with van der Waals surface area (Å²) in [6.45, 7) is 0. The fourth-order valence-electron chi connectivity index (χ4n) is 2.22. The van der Waals surface area contributed by atoms with Gasteiger partial charge in [0, 0.05) is 12.8 Å². The van der Waals surface area contributed by atoms with Crippen LogP contribution >= 0.6 is 23.6 Å². The summed E-state index contributed by atoms with van der Waals surface area (Å²) >= 11 is 6.23. The third-order valence-corrected chi connectivity index (χ3v) is 4.70. The number of thiazole rings is 1. The van der Waals surface area contributed by atoms with E-state index in [-0.39, 0.29) is 34.5 Å². The van der Waals surface area contributed by atoms with Crippen LogP contribution in [0, 0.1) is 3.95 Å². The third kappa shape index (κ3) is 2.95. The lowest BCUT2D eigenvalue weighted by Gasteiger charge is -2.15. The highest BCUT2D eigenvalue weighted by Gasteiger charge is 2.33. The molecule has 124 valence electrons. The van der Waals surface area contributed by atoms with Gasteiger partial charge < -0.3 is 9.84 Å². The van der Waals surface area contributed by atoms with Crippen LogP contribution in [-0.2, 0) is 9.59 Å². The van der Waals surface area contributed by atoms with Crippen molar-refractivity contribution in [3.63, 3.8) is 0 Å². The molecule has 2 aromatic rings. The maximum Gasteiger partial charge on any atom is 0.249 e. The molecule has 1 aliphatic rings. The van der Waals surface area contributed by atoms with Crippen molar-refractivity contribution in [2.45, 2.75) is 12.8 Å². The van der Waals surface area contributed by atoms with Crippen LogP contribution in [0.4, 0.5) is 5.69 Å². The fraction of sp³-hybridized carbons (Fsp3) is 0.200. The van der Waals surface area contributed by atoms with Crippen molar-refractivity contribution in [1.29, 1.82) is 0 Å². The van der Waals surface area contributed by atoms with Gasteiger partial charge in [-0.1, -0.05) is 11.3 Å². The van der Waals surface area contributed by atoms with Crippen LogP contribution in [0.25, 0.3) is 0 Å². The van der Waals surface area contributed by atoms with E-state index in [1.165, 1.54) is 6.21 Å². The Hall–Kier alpha value is -2.52. The fourth-order valence-corrected chi connectivity index (χ4v) is 3.39. The number of benzene rings is 1. The SMILES string of the molecule is COc1ccc(N=Cc2sc(=S)n(N3C(=O)CCC3=O)c2O)cc1. The predicted octanol–water partition coefficient (Wildman–Crippen LogP) is 2.53. The predicted molar refractivity (Wildman–Crippen MR) is 92.5 cm³/mol. The van der Waals surface area contributed by atoms with Crippen LogP contribution in [0.15, 0.2) is 29.3 Å². The van der Waals surface area contributed by atoms with Gasteiger partial charge in [0.25, 0.3) is 0 Å². The summed E-state index contributed by atoms with van der Waals surface area (Å²) in [5.74, 6) is -0.332. The summed E-state index contributed by atoms with van der Waals surface area (Å²) in [6, 6.07) is 7.05. The minimum Gasteiger partial charge on any atom is -0.497 e. The molecule has 0 spiro atoms. The summed E-state index contributed by atoms with van der Waals surface area (Å²) in [7, 11) is 1.58. The number of imide groups is 1. The monoisotopic (exact) mass is 363 g/mol. The quantitative estimate of drug-likeness (QED) is 0.513. The van der Waals surface area contributed by atoms with Crippen LogP contribution in [0.2, 0.25) is 0 Å². The maximum atomic E-state index is 11.8. The molecule has 0 saturated carbocycles. The van der Waals surface area contributed by atoms with E-state index >= 15 is 0 Å². The number of hydrogen-bond acceptors (Lipinski definition) is 7. The van der Waals surface area contributed by atoms with Crippen molar-refractivity contribution >= 4 is 47.3 Å². The molecule has 1 aromatic carbocycles. The Morgan fingerprint density at radius 2 is 1.88 bits per heavy atom. The topological polar surface area (TPSA) is 84.1 Å². The van der Waals surface area contributed by atoms with Crippen molar-refractivity contribution in [2.75, 3.05) is 12.1 Å². The lowest BCUT2D eigenvalue weighted by Crippen LogP contribution is -2.39. The first kappa shape index (κ1) is 16.3. The smallest absolute Gasteiger partial charge is 0.249 e. The van der Waals surface area contributed by atoms with E-state index in [0.29, 0.717) is 16.3 Å². The zero-order valence-electron chi connectivity index (χ0n) is 12.6. The first-order valence-corrected chi connectivity index (χ1v) is 8.22. The van der Waals surface area contributed by atoms with E-state index < -0.39 is 0 Å². The van der Waals surface area contributed by atoms with Crippen LogP contribution in [0.1, 0.15) is 17.7 Å². The third-order valence-electron chi connectivity index (χ3n) is 3.42. The Balaban J connectivity index is 1.91. The molecule has 0 unspecified atom stereocenters. The number of nitrogens with zero attached hydrogens (tertiary/aromatic N) is 3. The second kappa shape index (κ2) is 6.54. The molecule has 3 rings (SSSR count). The van der Waals surface area contributed by atoms with Gasteiger partial charge in [-0.05, 0) is 36.5 Å². The minimum absolute atomic E-state index is 0.116. The molecule has 0 bridgehead atoms. The normalized spacial score (nSPS) is 14.8. The van der Waals surface area contributed by atoms with Crippen molar-refractivity contribution < 1.29 is 19.4 Å². The highest BCUT2D eigenvalue weighted by molar-refractivity contribution is 7.73. The molecule has 1 fully saturated rings. The average Bonchev–Trinajstić information content (AvgIpc) is 3.05. The molecule has 0 aliphatic carbocycles. The van der Waals surface area contributed by atoms with Crippen molar-refractivity contribution in [3.8, 4) is 11.6 Å². The van der Waals surface area contributed by atoms with Gasteiger partial charge in [0.05, 0.1) is 19.0 Å². The lowest BCUT2D eigenvalue weighted by atomic mass is 10.3. The van der Waals surface area contributed by atoms with Crippen LogP contribution in [-0.4, -0.2) is 34.9 Å². The van der Waals surface area contributed by atoms with E-state index in [0.717, 1.165) is 21.0 Å². The van der Waals surface area contributed by atoms with Crippen molar-refractivity contribution in [1.82, 2.24) is 4.68 Å². The van der Waals surface area contributed by atoms with Crippen molar-refractivity contribution in [2.24, 2.45) is 4.99 Å². The van der Waals surface area contributed by atoms with Gasteiger partial charge in [-0.25, -0.2) is 0 Å². The number of hydrogen-bond donors (Lipinski definition) is 1. The number of ether oxygens (including phenoxy) is 1. The molecule has 2 heterocycles. The Bertz CT molecular complexity index is 867. The number of carbonyl (C=O) groups is 2. The molecule has 1 saturated heterocycles. The summed E-state index contributed by atoms with van der Waals surface area (Å²) in [4.78, 5) is 28.3. The standard InChI is InChI=1S/C15H13N3O4S2/c1-22-10-4-2-9(3-5-10)16-8-11-14(21)18(15(23)24-11)17-12(19)6-7-13(17)20/h2-5,8,21H,6-7H2,1H3. The van der Waals surface area contributed by atoms with Gasteiger partial charge >= 0.3 is 0 Å². The molecule has 1 aliphatic heterocycles. The van der Waals surface area contributed by atoms with Gasteiger partial charge in [0.2, 0.25) is 17.7 Å². The second-order valence-electron chi connectivity index (χ2n) is 4.92. The Morgan fingerprint density at radius 1 is 1.25 bits per heavy atom. The zero-order valence-corrected chi connectivity index (χ0v) is 14.3. The minimum atomic E-state index is -0.386. The van der Waals surface area contributed by atoms with Crippen LogP contribution < -0.4 is 9.75 Å². The maximum absolute atomic E-state index is 11.8. The highest BCUT2D eigenvalue weighted by Crippen LogP contribution is 2.28. The number of methoxy groups -OCH3 is 1. The number of aliphatic imine (C=N–C) groups is 1. The molecule has 9 heteroatoms. The van der Waals surface area contributed by atoms with Crippen LogP contribution in [0.3, 0.4) is 0 Å². The summed E-state index contributed by atoms with van der Waals surface area (Å²) in [5.41, 5.74) is 0.661. The molecule has 24 heavy (non-hydrogen) atoms. The lowest BCUT2D eigenvalue weighted by molar-refractivity contribution is -0.123. The first-order valence-electron chi connectivity index (χ1n) is 7.00. The zero-order chi connectivity index (χ0) is 17.3. The Kier molecular flexibility index (Phi) is 4.45. The molecule has 0 radical (unpaired) electrons. The van der Waals surface area contributed by atoms with E-state index in [1.807, 2.05) is 0 Å². The van der Waals surface area contributed by atoms with E-state index in [2.05, 4.69) is 4.99 Å². The van der Waals surface area contributed by atoms with Gasteiger partial charge in [-0.15, -0.1) is 0 Å². The Labute approximate surface area is 146 Å². The number of aromatic hydroxyl groups is 1. The summed E-state index contributed by atoms with van der Waals surface area (Å²) in [6.07, 6.45) is 1.68. The molecule has 1 N–H and O–H groups in total. The summed E-state index contributed by atoms with van der Waals surface area (Å²) < 4.78 is 6.33. The first-order chi connectivity index (χ1) is 11.5. The van der Waals surface area contributed by atoms with Crippen molar-refractivity contribution in [3.05, 3.63) is 33.1 Å². The van der Waals surface area contributed by atoms with Crippen LogP contribution in [0.5, 0.6) is 11.6 Å². The largest absolute Gasteiger partial charge is 0.497 e. The molecule has 7 nitrogen and oxygen atoms in total. The summed E-state index contributed by atoms with van der Waals surface area (Å²) in [5, 5.41) is 11.2. The molecular formula is C15H13N3O4S2. The van der Waals surface area contributed by atoms with Gasteiger partial charge in [0.15, 0.2) is 3.95 Å². The van der Waals surface area contributed by atoms with Gasteiger partial charge in [-0.2, -0.15) is 9.69 Å². The number of amides is 2. The van der Waals surface area contributed by atoms with E-state index in [1.54, 1.807) is 31.4 Å². The molecule has 1 aromatic heterocycles. The van der Waals surface area contributed by atoms with E-state index in [9.17, 15) is 14.7 Å². The molecule has 0 atom stereocenters. The molecule has 2 amide bonds. The number of rotatable bonds is 4. The second-order valence-corrected chi connectivity index (χ2v) is 6.60. The number of aromatic nitrogens is 1. The van der Waals surface area contributed by atoms with E-state index in [4.69, 9.17) is 17.0 Å². The van der Waals surface area contributed by atoms with Gasteiger partial charge in [-0.3, -0.25) is 14.6 Å². The van der Waals surface area contributed by atoms with Gasteiger partial charge in [0.1, 0.15) is 10.6 Å². The Morgan fingerprint density at radius 3 is 2.46 bits per heavy atom. The molecular weight excluding hydrogens is 350 g/mol. The average molecular weight is 363 g/mol. The number of carbonyl (C=O) groups excluding carboxylic acids is 2.